The first-order valence-corrected chi connectivity index (χ1v) is 26.4. The molecule has 82 heavy (non-hydrogen) atoms. The van der Waals surface area contributed by atoms with Crippen molar-refractivity contribution in [2.24, 2.45) is 11.8 Å². The Balaban J connectivity index is 0.000000149. The Bertz CT molecular complexity index is 3240. The topological polar surface area (TPSA) is 240 Å². The second-order valence-electron chi connectivity index (χ2n) is 20.7. The van der Waals surface area contributed by atoms with Gasteiger partial charge in [0.05, 0.1) is 104 Å². The molecule has 2 saturated heterocycles. The number of fused-ring (bicyclic) bond motifs is 3. The molecule has 0 radical (unpaired) electrons. The second kappa shape index (κ2) is 25.0. The van der Waals surface area contributed by atoms with Gasteiger partial charge in [0.15, 0.2) is 46.5 Å². The van der Waals surface area contributed by atoms with Crippen LogP contribution in [0.1, 0.15) is 94.6 Å². The molecule has 3 aromatic heterocycles. The molecule has 4 N–H and O–H groups in total. The van der Waals surface area contributed by atoms with Gasteiger partial charge in [-0.2, -0.15) is 15.3 Å². The van der Waals surface area contributed by atoms with E-state index in [1.54, 1.807) is 43.2 Å². The molecule has 3 aromatic carbocycles. The number of nitrogens with zero attached hydrogens (tertiary/aromatic N) is 9. The van der Waals surface area contributed by atoms with Crippen molar-refractivity contribution in [1.82, 2.24) is 44.0 Å². The predicted octanol–water partition coefficient (Wildman–Crippen LogP) is 8.71. The molecule has 0 spiro atoms. The average Bonchev–Trinajstić information content (AvgIpc) is 4.46. The highest BCUT2D eigenvalue weighted by atomic mass is 19.2. The Morgan fingerprint density at radius 3 is 1.11 bits per heavy atom. The van der Waals surface area contributed by atoms with Crippen molar-refractivity contribution < 1.29 is 69.7 Å². The first kappa shape index (κ1) is 58.1. The van der Waals surface area contributed by atoms with E-state index in [0.717, 1.165) is 49.2 Å². The molecular formula is C55H58F6N12O9. The van der Waals surface area contributed by atoms with Crippen molar-refractivity contribution in [1.29, 1.82) is 0 Å². The number of carboxylic acid groups (broad SMARTS) is 1. The third-order valence-corrected chi connectivity index (χ3v) is 14.8. The Morgan fingerprint density at radius 2 is 0.817 bits per heavy atom. The van der Waals surface area contributed by atoms with Crippen molar-refractivity contribution in [3.8, 4) is 0 Å². The Kier molecular flexibility index (Phi) is 17.7. The molecule has 6 amide bonds. The van der Waals surface area contributed by atoms with Gasteiger partial charge < -0.3 is 45.2 Å². The van der Waals surface area contributed by atoms with Gasteiger partial charge in [-0.25, -0.2) is 45.5 Å². The number of hydrogen-bond acceptors (Lipinski definition) is 11. The van der Waals surface area contributed by atoms with E-state index in [9.17, 15) is 55.1 Å². The van der Waals surface area contributed by atoms with Gasteiger partial charge >= 0.3 is 24.1 Å². The fourth-order valence-corrected chi connectivity index (χ4v) is 10.2. The molecular weight excluding hydrogens is 1090 g/mol. The molecule has 21 nitrogen and oxygen atoms in total. The summed E-state index contributed by atoms with van der Waals surface area (Å²) in [7, 11) is 0. The molecule has 5 aliphatic rings. The number of hydrogen-bond donors (Lipinski definition) is 4. The van der Waals surface area contributed by atoms with Crippen LogP contribution in [0.3, 0.4) is 0 Å². The number of anilines is 3. The summed E-state index contributed by atoms with van der Waals surface area (Å²) < 4.78 is 94.9. The van der Waals surface area contributed by atoms with Crippen LogP contribution < -0.4 is 16.0 Å². The van der Waals surface area contributed by atoms with Crippen LogP contribution in [0.25, 0.3) is 0 Å². The van der Waals surface area contributed by atoms with Crippen LogP contribution in [-0.4, -0.2) is 129 Å². The molecule has 5 atom stereocenters. The average molecular weight is 1150 g/mol. The third kappa shape index (κ3) is 13.3. The lowest BCUT2D eigenvalue weighted by Crippen LogP contribution is -2.47. The highest BCUT2D eigenvalue weighted by Gasteiger charge is 2.35. The van der Waals surface area contributed by atoms with E-state index in [4.69, 9.17) is 14.6 Å². The number of Topliss-reactive ketones (excluding diaryl/α,β-unsaturated/α-hetero) is 2. The molecule has 434 valence electrons. The molecule has 11 rings (SSSR count). The SMILES string of the molecule is C[C@H]1Cn2ncc(C(=O)C[C@H]3CCOC3)c2CN1C(=O)Nc1ccc(F)c(F)c1.C[C@H]1Cn2ncc(C(=O)C[C@H]3CCOC3)c2CN1C(=O)Nc1ccc(F)c(F)c1.C[C@H]1Cn2ncc(C(=O)O)c2CN1C(=O)Nc1ccc(F)c(F)c1. The maximum absolute atomic E-state index is 13.4. The summed E-state index contributed by atoms with van der Waals surface area (Å²) >= 11 is 0. The highest BCUT2D eigenvalue weighted by molar-refractivity contribution is 5.98. The summed E-state index contributed by atoms with van der Waals surface area (Å²) in [4.78, 5) is 79.1. The molecule has 0 unspecified atom stereocenters. The van der Waals surface area contributed by atoms with E-state index in [0.29, 0.717) is 87.1 Å². The molecule has 5 aliphatic heterocycles. The number of carbonyl (C=O) groups is 6. The molecule has 0 saturated carbocycles. The number of benzene rings is 3. The van der Waals surface area contributed by atoms with E-state index in [1.807, 2.05) is 13.8 Å². The number of carboxylic acids is 1. The predicted molar refractivity (Wildman–Crippen MR) is 281 cm³/mol. The number of ether oxygens (including phenoxy) is 2. The lowest BCUT2D eigenvalue weighted by atomic mass is 9.97. The van der Waals surface area contributed by atoms with Gasteiger partial charge in [-0.05, 0) is 81.8 Å². The first-order valence-electron chi connectivity index (χ1n) is 26.4. The first-order chi connectivity index (χ1) is 39.2. The second-order valence-corrected chi connectivity index (χ2v) is 20.7. The molecule has 6 aromatic rings. The van der Waals surface area contributed by atoms with Crippen LogP contribution in [0.2, 0.25) is 0 Å². The summed E-state index contributed by atoms with van der Waals surface area (Å²) in [5.74, 6) is -6.78. The number of amides is 6. The normalized spacial score (nSPS) is 19.8. The van der Waals surface area contributed by atoms with Crippen LogP contribution >= 0.6 is 0 Å². The quantitative estimate of drug-likeness (QED) is 0.0744. The number of aromatic nitrogens is 6. The van der Waals surface area contributed by atoms with Gasteiger partial charge in [-0.3, -0.25) is 23.6 Å². The Morgan fingerprint density at radius 1 is 0.500 bits per heavy atom. The van der Waals surface area contributed by atoms with Gasteiger partial charge in [0, 0.05) is 74.5 Å². The van der Waals surface area contributed by atoms with Crippen LogP contribution in [0.15, 0.2) is 73.2 Å². The lowest BCUT2D eigenvalue weighted by molar-refractivity contribution is 0.0691. The van der Waals surface area contributed by atoms with Crippen LogP contribution in [-0.2, 0) is 48.7 Å². The van der Waals surface area contributed by atoms with Gasteiger partial charge in [0.2, 0.25) is 0 Å². The number of nitrogens with one attached hydrogen (secondary N) is 3. The molecule has 27 heteroatoms. The summed E-state index contributed by atoms with van der Waals surface area (Å²) in [6.45, 7) is 9.77. The van der Waals surface area contributed by atoms with Crippen LogP contribution in [0, 0.1) is 46.7 Å². The zero-order chi connectivity index (χ0) is 58.5. The van der Waals surface area contributed by atoms with Crippen molar-refractivity contribution in [3.05, 3.63) is 142 Å². The monoisotopic (exact) mass is 1140 g/mol. The van der Waals surface area contributed by atoms with Gasteiger partial charge in [0.25, 0.3) is 0 Å². The fraction of sp³-hybridized carbons (Fsp3) is 0.400. The molecule has 2 fully saturated rings. The zero-order valence-corrected chi connectivity index (χ0v) is 44.7. The highest BCUT2D eigenvalue weighted by Crippen LogP contribution is 2.29. The number of rotatable bonds is 10. The number of ketones is 2. The van der Waals surface area contributed by atoms with Gasteiger partial charge in [-0.15, -0.1) is 0 Å². The number of urea groups is 3. The Hall–Kier alpha value is -8.59. The smallest absolute Gasteiger partial charge is 0.339 e. The van der Waals surface area contributed by atoms with E-state index in [-0.39, 0.29) is 83.8 Å². The minimum absolute atomic E-state index is 0.00253. The van der Waals surface area contributed by atoms with Crippen molar-refractivity contribution >= 4 is 52.7 Å². The minimum atomic E-state index is -1.12. The zero-order valence-electron chi connectivity index (χ0n) is 44.7. The van der Waals surface area contributed by atoms with E-state index in [2.05, 4.69) is 31.2 Å². The summed E-state index contributed by atoms with van der Waals surface area (Å²) in [6, 6.07) is 7.41. The molecule has 0 aliphatic carbocycles. The van der Waals surface area contributed by atoms with Crippen LogP contribution in [0.4, 0.5) is 57.8 Å². The van der Waals surface area contributed by atoms with Gasteiger partial charge in [0.1, 0.15) is 5.56 Å². The number of aromatic carboxylic acids is 1. The standard InChI is InChI=1S/2C20H22F2N4O3.C15H14F2N4O3/c2*1-12-9-26-18(15(8-23-26)19(27)6-13-4-5-29-11-13)10-25(12)20(28)24-14-2-3-16(21)17(22)7-14;1-8-6-21-13(10(5-18-21)14(22)23)7-20(8)15(24)19-9-2-3-11(16)12(17)4-9/h2*2-3,7-8,12-13H,4-6,9-11H2,1H3,(H,24,28);2-5,8H,6-7H2,1H3,(H,19,24)(H,22,23)/t2*12-,13+;8-/m000/s1. The largest absolute Gasteiger partial charge is 0.478 e. The number of halogens is 6. The summed E-state index contributed by atoms with van der Waals surface area (Å²) in [5.41, 5.74) is 3.32. The number of carbonyl (C=O) groups excluding carboxylic acids is 5. The fourth-order valence-electron chi connectivity index (χ4n) is 10.2. The maximum atomic E-state index is 13.4. The minimum Gasteiger partial charge on any atom is -0.478 e. The summed E-state index contributed by atoms with van der Waals surface area (Å²) in [5, 5.41) is 29.5. The van der Waals surface area contributed by atoms with E-state index in [1.165, 1.54) is 29.3 Å². The van der Waals surface area contributed by atoms with Crippen molar-refractivity contribution in [2.45, 2.75) is 104 Å². The van der Waals surface area contributed by atoms with Crippen molar-refractivity contribution in [2.75, 3.05) is 42.4 Å². The third-order valence-electron chi connectivity index (χ3n) is 14.8. The Labute approximate surface area is 465 Å². The maximum Gasteiger partial charge on any atom is 0.339 e. The molecule has 8 heterocycles. The van der Waals surface area contributed by atoms with E-state index < -0.39 is 59.0 Å². The van der Waals surface area contributed by atoms with Gasteiger partial charge in [-0.1, -0.05) is 0 Å². The summed E-state index contributed by atoms with van der Waals surface area (Å²) in [6.07, 6.45) is 6.92. The van der Waals surface area contributed by atoms with Crippen LogP contribution in [0.5, 0.6) is 0 Å². The molecule has 0 bridgehead atoms. The lowest BCUT2D eigenvalue weighted by Gasteiger charge is -2.34. The van der Waals surface area contributed by atoms with E-state index >= 15 is 0 Å². The van der Waals surface area contributed by atoms with Crippen molar-refractivity contribution in [3.63, 3.8) is 0 Å².